The molecule has 1 saturated carbocycles. The zero-order valence-corrected chi connectivity index (χ0v) is 9.17. The normalized spacial score (nSPS) is 31.9. The van der Waals surface area contributed by atoms with E-state index in [0.29, 0.717) is 5.41 Å². The predicted octanol–water partition coefficient (Wildman–Crippen LogP) is 3.08. The molecule has 2 atom stereocenters. The summed E-state index contributed by atoms with van der Waals surface area (Å²) in [6, 6.07) is 2.35. The van der Waals surface area contributed by atoms with Gasteiger partial charge in [0.2, 0.25) is 0 Å². The molecule has 1 aromatic rings. The van der Waals surface area contributed by atoms with Crippen LogP contribution in [0.2, 0.25) is 0 Å². The van der Waals surface area contributed by atoms with Gasteiger partial charge in [0.1, 0.15) is 0 Å². The summed E-state index contributed by atoms with van der Waals surface area (Å²) in [7, 11) is 0. The Bertz CT molecular complexity index is 392. The minimum atomic E-state index is 0.530. The van der Waals surface area contributed by atoms with Crippen LogP contribution in [0.15, 0.2) is 12.3 Å². The maximum Gasteiger partial charge on any atom is 0.0441 e. The third-order valence-electron chi connectivity index (χ3n) is 4.43. The maximum absolute atomic E-state index is 4.57. The quantitative estimate of drug-likeness (QED) is 0.608. The molecule has 4 rings (SSSR count). The van der Waals surface area contributed by atoms with Crippen molar-refractivity contribution < 1.29 is 0 Å². The summed E-state index contributed by atoms with van der Waals surface area (Å²) in [5, 5.41) is 0. The van der Waals surface area contributed by atoms with Crippen LogP contribution in [0.1, 0.15) is 43.0 Å². The summed E-state index contributed by atoms with van der Waals surface area (Å²) in [6.45, 7) is 6.97. The second-order valence-electron chi connectivity index (χ2n) is 5.56. The molecule has 2 unspecified atom stereocenters. The fraction of sp³-hybridized carbons (Fsp3) is 0.615. The molecular formula is C13H17N. The number of nitrogens with zero attached hydrogens (tertiary/aromatic N) is 1. The van der Waals surface area contributed by atoms with E-state index >= 15 is 0 Å². The number of aryl methyl sites for hydroxylation is 1. The third-order valence-corrected chi connectivity index (χ3v) is 4.43. The van der Waals surface area contributed by atoms with Gasteiger partial charge < -0.3 is 0 Å². The summed E-state index contributed by atoms with van der Waals surface area (Å²) >= 11 is 0. The average molecular weight is 187 g/mol. The van der Waals surface area contributed by atoms with Gasteiger partial charge in [-0.25, -0.2) is 0 Å². The van der Waals surface area contributed by atoms with Gasteiger partial charge in [0.05, 0.1) is 0 Å². The van der Waals surface area contributed by atoms with E-state index in [1.165, 1.54) is 29.7 Å². The third kappa shape index (κ3) is 0.879. The molecule has 1 heterocycles. The Morgan fingerprint density at radius 2 is 2.21 bits per heavy atom. The number of pyridine rings is 1. The van der Waals surface area contributed by atoms with Crippen LogP contribution >= 0.6 is 0 Å². The Kier molecular flexibility index (Phi) is 1.44. The minimum absolute atomic E-state index is 0.530. The van der Waals surface area contributed by atoms with E-state index in [-0.39, 0.29) is 0 Å². The molecule has 0 aliphatic heterocycles. The van der Waals surface area contributed by atoms with Crippen molar-refractivity contribution in [1.29, 1.82) is 0 Å². The van der Waals surface area contributed by atoms with Gasteiger partial charge in [-0.05, 0) is 48.1 Å². The average Bonchev–Trinajstić information content (AvgIpc) is 2.16. The number of rotatable bonds is 0. The second-order valence-corrected chi connectivity index (χ2v) is 5.56. The highest BCUT2D eigenvalue weighted by Gasteiger charge is 2.52. The van der Waals surface area contributed by atoms with Gasteiger partial charge >= 0.3 is 0 Å². The van der Waals surface area contributed by atoms with Crippen molar-refractivity contribution in [3.05, 3.63) is 29.1 Å². The fourth-order valence-corrected chi connectivity index (χ4v) is 3.22. The van der Waals surface area contributed by atoms with Crippen LogP contribution in [-0.2, 0) is 6.42 Å². The van der Waals surface area contributed by atoms with Crippen molar-refractivity contribution in [3.63, 3.8) is 0 Å². The molecule has 0 saturated heterocycles. The maximum atomic E-state index is 4.57. The molecule has 2 bridgehead atoms. The highest BCUT2D eigenvalue weighted by Crippen LogP contribution is 2.61. The molecule has 74 valence electrons. The first-order valence-electron chi connectivity index (χ1n) is 5.54. The lowest BCUT2D eigenvalue weighted by atomic mass is 9.48. The van der Waals surface area contributed by atoms with Crippen LogP contribution in [0.5, 0.6) is 0 Å². The molecule has 3 aliphatic carbocycles. The fourth-order valence-electron chi connectivity index (χ4n) is 3.22. The monoisotopic (exact) mass is 187 g/mol. The standard InChI is InChI=1S/C13H17N/c1-8-4-10-11-5-9(13(11,2)3)6-12(10)14-7-8/h4,7,9,11H,5-6H2,1-3H3. The summed E-state index contributed by atoms with van der Waals surface area (Å²) < 4.78 is 0. The van der Waals surface area contributed by atoms with Gasteiger partial charge in [0.25, 0.3) is 0 Å². The molecule has 0 radical (unpaired) electrons. The molecule has 0 aromatic carbocycles. The van der Waals surface area contributed by atoms with Crippen molar-refractivity contribution >= 4 is 0 Å². The van der Waals surface area contributed by atoms with E-state index in [1.807, 2.05) is 6.20 Å². The summed E-state index contributed by atoms with van der Waals surface area (Å²) in [5.41, 5.74) is 4.75. The number of aromatic nitrogens is 1. The predicted molar refractivity (Wildman–Crippen MR) is 57.3 cm³/mol. The van der Waals surface area contributed by atoms with Gasteiger partial charge in [-0.15, -0.1) is 0 Å². The lowest BCUT2D eigenvalue weighted by Gasteiger charge is -2.56. The van der Waals surface area contributed by atoms with E-state index < -0.39 is 0 Å². The van der Waals surface area contributed by atoms with Crippen molar-refractivity contribution in [2.24, 2.45) is 11.3 Å². The van der Waals surface area contributed by atoms with Gasteiger partial charge in [-0.3, -0.25) is 4.98 Å². The SMILES string of the molecule is Cc1cnc2c(c1)C1CC(C2)C1(C)C. The van der Waals surface area contributed by atoms with E-state index in [4.69, 9.17) is 0 Å². The first kappa shape index (κ1) is 8.46. The van der Waals surface area contributed by atoms with Crippen LogP contribution in [0.4, 0.5) is 0 Å². The van der Waals surface area contributed by atoms with Gasteiger partial charge in [-0.2, -0.15) is 0 Å². The molecule has 0 spiro atoms. The Morgan fingerprint density at radius 3 is 2.93 bits per heavy atom. The molecule has 1 fully saturated rings. The molecule has 1 aromatic heterocycles. The topological polar surface area (TPSA) is 12.9 Å². The minimum Gasteiger partial charge on any atom is -0.261 e. The van der Waals surface area contributed by atoms with Crippen molar-refractivity contribution in [1.82, 2.24) is 4.98 Å². The highest BCUT2D eigenvalue weighted by molar-refractivity contribution is 5.37. The van der Waals surface area contributed by atoms with Crippen molar-refractivity contribution in [2.45, 2.75) is 39.5 Å². The largest absolute Gasteiger partial charge is 0.261 e. The Morgan fingerprint density at radius 1 is 1.43 bits per heavy atom. The zero-order valence-electron chi connectivity index (χ0n) is 9.17. The molecule has 14 heavy (non-hydrogen) atoms. The van der Waals surface area contributed by atoms with Crippen LogP contribution < -0.4 is 0 Å². The summed E-state index contributed by atoms with van der Waals surface area (Å²) in [6.07, 6.45) is 4.61. The summed E-state index contributed by atoms with van der Waals surface area (Å²) in [4.78, 5) is 4.57. The second kappa shape index (κ2) is 2.39. The summed E-state index contributed by atoms with van der Waals surface area (Å²) in [5.74, 6) is 1.67. The lowest BCUT2D eigenvalue weighted by molar-refractivity contribution is 0.0169. The van der Waals surface area contributed by atoms with Crippen molar-refractivity contribution in [2.75, 3.05) is 0 Å². The van der Waals surface area contributed by atoms with Gasteiger partial charge in [0.15, 0.2) is 0 Å². The molecule has 0 N–H and O–H groups in total. The lowest BCUT2D eigenvalue weighted by Crippen LogP contribution is -2.48. The van der Waals surface area contributed by atoms with E-state index in [2.05, 4.69) is 31.8 Å². The Labute approximate surface area is 85.6 Å². The van der Waals surface area contributed by atoms with Crippen molar-refractivity contribution in [3.8, 4) is 0 Å². The molecule has 1 heteroatoms. The Hall–Kier alpha value is -0.850. The van der Waals surface area contributed by atoms with Crippen LogP contribution in [0.25, 0.3) is 0 Å². The van der Waals surface area contributed by atoms with Crippen LogP contribution in [0.3, 0.4) is 0 Å². The zero-order chi connectivity index (χ0) is 9.92. The van der Waals surface area contributed by atoms with E-state index in [0.717, 1.165) is 11.8 Å². The van der Waals surface area contributed by atoms with E-state index in [9.17, 15) is 0 Å². The van der Waals surface area contributed by atoms with E-state index in [1.54, 1.807) is 0 Å². The van der Waals surface area contributed by atoms with Crippen LogP contribution in [-0.4, -0.2) is 4.98 Å². The van der Waals surface area contributed by atoms with Crippen LogP contribution in [0, 0.1) is 18.3 Å². The molecule has 0 amide bonds. The Balaban J connectivity index is 2.13. The van der Waals surface area contributed by atoms with Gasteiger partial charge in [-0.1, -0.05) is 19.9 Å². The first-order chi connectivity index (χ1) is 6.59. The molecule has 3 aliphatic rings. The highest BCUT2D eigenvalue weighted by atomic mass is 14.7. The molecular weight excluding hydrogens is 170 g/mol. The molecule has 1 nitrogen and oxygen atoms in total. The smallest absolute Gasteiger partial charge is 0.0441 e. The number of hydrogen-bond acceptors (Lipinski definition) is 1. The number of hydrogen-bond donors (Lipinski definition) is 0. The first-order valence-corrected chi connectivity index (χ1v) is 5.54. The van der Waals surface area contributed by atoms with Gasteiger partial charge in [0, 0.05) is 11.9 Å².